The van der Waals surface area contributed by atoms with Crippen molar-refractivity contribution in [1.29, 1.82) is 0 Å². The SMILES string of the molecule is CC(C)C1=C(C(=O)N2[C@H](CN(C)C)CC[C@H]2C(=O)O)SC2=N[C@@](C)(c3ccc(Cl)cc3)[C@@H](c3ccc(Cl)cc3)N21. The van der Waals surface area contributed by atoms with Gasteiger partial charge in [-0.05, 0) is 86.9 Å². The molecule has 1 fully saturated rings. The predicted molar refractivity (Wildman–Crippen MR) is 162 cm³/mol. The highest BCUT2D eigenvalue weighted by atomic mass is 35.5. The standard InChI is InChI=1S/C30H34Cl2N4O3S/c1-17(2)24-25(27(37)35-22(16-34(4)5)14-15-23(35)28(38)39)40-29-33-30(3,19-8-12-21(32)13-9-19)26(36(24)29)18-6-10-20(31)11-7-18/h6-13,17,22-23,26H,14-16H2,1-5H3,(H,38,39)/t22-,23-,26+,30-/m0/s1. The summed E-state index contributed by atoms with van der Waals surface area (Å²) in [5.74, 6) is -1.21. The van der Waals surface area contributed by atoms with Crippen LogP contribution in [0.3, 0.4) is 0 Å². The van der Waals surface area contributed by atoms with Crippen molar-refractivity contribution in [2.45, 2.75) is 57.3 Å². The quantitative estimate of drug-likeness (QED) is 0.405. The molecule has 0 spiro atoms. The van der Waals surface area contributed by atoms with Gasteiger partial charge in [0, 0.05) is 28.3 Å². The predicted octanol–water partition coefficient (Wildman–Crippen LogP) is 6.24. The van der Waals surface area contributed by atoms with E-state index in [1.807, 2.05) is 67.5 Å². The maximum atomic E-state index is 14.3. The Morgan fingerprint density at radius 2 is 1.68 bits per heavy atom. The van der Waals surface area contributed by atoms with Gasteiger partial charge < -0.3 is 19.8 Å². The Balaban J connectivity index is 1.63. The van der Waals surface area contributed by atoms with Crippen LogP contribution in [-0.4, -0.2) is 69.6 Å². The van der Waals surface area contributed by atoms with Crippen LogP contribution in [0.25, 0.3) is 0 Å². The Hall–Kier alpha value is -2.52. The minimum atomic E-state index is -0.962. The molecule has 7 nitrogen and oxygen atoms in total. The van der Waals surface area contributed by atoms with Crippen LogP contribution >= 0.6 is 35.0 Å². The van der Waals surface area contributed by atoms with Crippen LogP contribution in [0.2, 0.25) is 10.0 Å². The van der Waals surface area contributed by atoms with E-state index in [-0.39, 0.29) is 23.9 Å². The summed E-state index contributed by atoms with van der Waals surface area (Å²) in [7, 11) is 3.89. The zero-order valence-electron chi connectivity index (χ0n) is 23.3. The zero-order valence-corrected chi connectivity index (χ0v) is 25.6. The molecule has 0 aliphatic carbocycles. The Kier molecular flexibility index (Phi) is 8.00. The first-order valence-electron chi connectivity index (χ1n) is 13.4. The molecule has 40 heavy (non-hydrogen) atoms. The summed E-state index contributed by atoms with van der Waals surface area (Å²) in [4.78, 5) is 38.2. The molecule has 3 aliphatic heterocycles. The second-order valence-corrected chi connectivity index (χ2v) is 13.3. The monoisotopic (exact) mass is 600 g/mol. The number of amidine groups is 1. The molecular formula is C30H34Cl2N4O3S. The van der Waals surface area contributed by atoms with Crippen molar-refractivity contribution in [3.05, 3.63) is 80.3 Å². The minimum absolute atomic E-state index is 0.0142. The molecule has 10 heteroatoms. The topological polar surface area (TPSA) is 76.5 Å². The molecule has 5 rings (SSSR count). The van der Waals surface area contributed by atoms with Crippen molar-refractivity contribution in [1.82, 2.24) is 14.7 Å². The van der Waals surface area contributed by atoms with Crippen LogP contribution in [0.5, 0.6) is 0 Å². The first-order chi connectivity index (χ1) is 18.9. The van der Waals surface area contributed by atoms with Gasteiger partial charge in [-0.15, -0.1) is 0 Å². The summed E-state index contributed by atoms with van der Waals surface area (Å²) in [5.41, 5.74) is 2.22. The number of aliphatic imine (C=N–C) groups is 1. The summed E-state index contributed by atoms with van der Waals surface area (Å²) in [6, 6.07) is 14.2. The third-order valence-corrected chi connectivity index (χ3v) is 9.53. The number of carbonyl (C=O) groups excluding carboxylic acids is 1. The number of hydrogen-bond donors (Lipinski definition) is 1. The smallest absolute Gasteiger partial charge is 0.326 e. The third-order valence-electron chi connectivity index (χ3n) is 7.96. The number of nitrogens with zero attached hydrogens (tertiary/aromatic N) is 4. The van der Waals surface area contributed by atoms with Gasteiger partial charge in [0.05, 0.1) is 6.04 Å². The molecule has 0 unspecified atom stereocenters. The van der Waals surface area contributed by atoms with E-state index in [4.69, 9.17) is 28.2 Å². The molecule has 1 N–H and O–H groups in total. The number of hydrogen-bond acceptors (Lipinski definition) is 6. The second kappa shape index (κ2) is 11.0. The molecule has 0 saturated carbocycles. The molecule has 3 heterocycles. The van der Waals surface area contributed by atoms with Crippen LogP contribution in [0.1, 0.15) is 50.8 Å². The van der Waals surface area contributed by atoms with E-state index in [0.29, 0.717) is 34.3 Å². The number of benzene rings is 2. The zero-order chi connectivity index (χ0) is 28.9. The first-order valence-corrected chi connectivity index (χ1v) is 15.0. The number of fused-ring (bicyclic) bond motifs is 1. The van der Waals surface area contributed by atoms with Crippen LogP contribution < -0.4 is 0 Å². The molecule has 2 aromatic carbocycles. The van der Waals surface area contributed by atoms with E-state index < -0.39 is 17.6 Å². The van der Waals surface area contributed by atoms with Crippen LogP contribution in [-0.2, 0) is 15.1 Å². The van der Waals surface area contributed by atoms with Crippen LogP contribution in [0.4, 0.5) is 0 Å². The van der Waals surface area contributed by atoms with E-state index in [1.165, 1.54) is 11.8 Å². The van der Waals surface area contributed by atoms with Gasteiger partial charge in [-0.25, -0.2) is 9.79 Å². The number of likely N-dealkylation sites (tertiary alicyclic amines) is 1. The number of likely N-dealkylation sites (N-methyl/N-ethyl adjacent to an activating group) is 1. The second-order valence-electron chi connectivity index (χ2n) is 11.4. The molecule has 1 amide bonds. The van der Waals surface area contributed by atoms with Crippen LogP contribution in [0, 0.1) is 5.92 Å². The van der Waals surface area contributed by atoms with E-state index in [0.717, 1.165) is 22.0 Å². The highest BCUT2D eigenvalue weighted by Crippen LogP contribution is 2.56. The lowest BCUT2D eigenvalue weighted by Gasteiger charge is -2.37. The summed E-state index contributed by atoms with van der Waals surface area (Å²) < 4.78 is 0. The Morgan fingerprint density at radius 3 is 2.23 bits per heavy atom. The third kappa shape index (κ3) is 5.04. The lowest BCUT2D eigenvalue weighted by atomic mass is 9.81. The van der Waals surface area contributed by atoms with Crippen molar-refractivity contribution in [3.63, 3.8) is 0 Å². The fourth-order valence-corrected chi connectivity index (χ4v) is 7.82. The molecule has 0 bridgehead atoms. The van der Waals surface area contributed by atoms with E-state index in [1.54, 1.807) is 4.90 Å². The number of carboxylic acids is 1. The van der Waals surface area contributed by atoms with Crippen molar-refractivity contribution in [2.75, 3.05) is 20.6 Å². The maximum Gasteiger partial charge on any atom is 0.326 e. The first kappa shape index (κ1) is 29.0. The Labute approximate surface area is 249 Å². The Morgan fingerprint density at radius 1 is 1.07 bits per heavy atom. The van der Waals surface area contributed by atoms with Gasteiger partial charge in [-0.2, -0.15) is 0 Å². The lowest BCUT2D eigenvalue weighted by Crippen LogP contribution is -2.48. The molecule has 3 aliphatic rings. The molecule has 1 saturated heterocycles. The van der Waals surface area contributed by atoms with Crippen molar-refractivity contribution < 1.29 is 14.7 Å². The lowest BCUT2D eigenvalue weighted by molar-refractivity contribution is -0.148. The van der Waals surface area contributed by atoms with Gasteiger partial charge in [-0.1, -0.05) is 61.3 Å². The highest BCUT2D eigenvalue weighted by Gasteiger charge is 2.54. The summed E-state index contributed by atoms with van der Waals surface area (Å²) in [6.07, 6.45) is 1.10. The molecule has 212 valence electrons. The van der Waals surface area contributed by atoms with Gasteiger partial charge in [-0.3, -0.25) is 4.79 Å². The Bertz CT molecular complexity index is 1380. The number of rotatable bonds is 7. The minimum Gasteiger partial charge on any atom is -0.480 e. The molecular weight excluding hydrogens is 567 g/mol. The average molecular weight is 602 g/mol. The largest absolute Gasteiger partial charge is 0.480 e. The van der Waals surface area contributed by atoms with Gasteiger partial charge in [0.15, 0.2) is 5.17 Å². The maximum absolute atomic E-state index is 14.3. The number of halogens is 2. The fraction of sp³-hybridized carbons (Fsp3) is 0.433. The number of carbonyl (C=O) groups is 2. The highest BCUT2D eigenvalue weighted by molar-refractivity contribution is 8.18. The van der Waals surface area contributed by atoms with Crippen molar-refractivity contribution in [2.24, 2.45) is 10.9 Å². The summed E-state index contributed by atoms with van der Waals surface area (Å²) in [5, 5.41) is 12.0. The summed E-state index contributed by atoms with van der Waals surface area (Å²) >= 11 is 13.9. The van der Waals surface area contributed by atoms with E-state index >= 15 is 0 Å². The molecule has 2 aromatic rings. The number of thioether (sulfide) groups is 1. The van der Waals surface area contributed by atoms with Crippen molar-refractivity contribution >= 4 is 52.0 Å². The van der Waals surface area contributed by atoms with Gasteiger partial charge in [0.2, 0.25) is 0 Å². The van der Waals surface area contributed by atoms with Gasteiger partial charge in [0.1, 0.15) is 16.5 Å². The summed E-state index contributed by atoms with van der Waals surface area (Å²) in [6.45, 7) is 6.85. The normalized spacial score (nSPS) is 26.2. The van der Waals surface area contributed by atoms with E-state index in [2.05, 4.69) is 25.7 Å². The van der Waals surface area contributed by atoms with Gasteiger partial charge in [0.25, 0.3) is 5.91 Å². The van der Waals surface area contributed by atoms with Crippen LogP contribution in [0.15, 0.2) is 64.1 Å². The number of amides is 1. The number of carboxylic acid groups (broad SMARTS) is 1. The number of allylic oxidation sites excluding steroid dienone is 1. The molecule has 4 atom stereocenters. The van der Waals surface area contributed by atoms with E-state index in [9.17, 15) is 14.7 Å². The fourth-order valence-electron chi connectivity index (χ4n) is 6.22. The van der Waals surface area contributed by atoms with Gasteiger partial charge >= 0.3 is 5.97 Å². The average Bonchev–Trinajstić information content (AvgIpc) is 3.54. The molecule has 0 aromatic heterocycles. The molecule has 0 radical (unpaired) electrons. The number of aliphatic carboxylic acids is 1. The van der Waals surface area contributed by atoms with Crippen molar-refractivity contribution in [3.8, 4) is 0 Å².